The van der Waals surface area contributed by atoms with Gasteiger partial charge in [-0.15, -0.1) is 0 Å². The van der Waals surface area contributed by atoms with Crippen LogP contribution in [0.3, 0.4) is 0 Å². The van der Waals surface area contributed by atoms with E-state index in [1.54, 1.807) is 39.8 Å². The van der Waals surface area contributed by atoms with Gasteiger partial charge in [0.25, 0.3) is 11.8 Å². The molecule has 0 atom stereocenters. The Hall–Kier alpha value is -3.22. The van der Waals surface area contributed by atoms with Crippen molar-refractivity contribution in [1.29, 1.82) is 0 Å². The molecule has 3 rings (SSSR count). The Balaban J connectivity index is 1.87. The summed E-state index contributed by atoms with van der Waals surface area (Å²) in [5.74, 6) is -0.743. The average Bonchev–Trinajstić information content (AvgIpc) is 3.12. The van der Waals surface area contributed by atoms with Gasteiger partial charge >= 0.3 is 0 Å². The second kappa shape index (κ2) is 9.32. The van der Waals surface area contributed by atoms with Crippen LogP contribution in [0.15, 0.2) is 48.7 Å². The van der Waals surface area contributed by atoms with E-state index in [1.165, 1.54) is 12.1 Å². The molecule has 6 nitrogen and oxygen atoms in total. The van der Waals surface area contributed by atoms with Crippen LogP contribution >= 0.6 is 0 Å². The lowest BCUT2D eigenvalue weighted by Gasteiger charge is -2.20. The number of fused-ring (bicyclic) bond motifs is 1. The van der Waals surface area contributed by atoms with Crippen molar-refractivity contribution in [2.45, 2.75) is 33.2 Å². The molecule has 3 aromatic rings. The Morgan fingerprint density at radius 1 is 1.07 bits per heavy atom. The Labute approximate surface area is 169 Å². The first-order valence-electron chi connectivity index (χ1n) is 9.84. The summed E-state index contributed by atoms with van der Waals surface area (Å²) < 4.78 is 14.7. The van der Waals surface area contributed by atoms with Crippen molar-refractivity contribution in [3.8, 4) is 0 Å². The number of aromatic nitrogens is 2. The number of nitrogens with zero attached hydrogens (tertiary/aromatic N) is 3. The Morgan fingerprint density at radius 3 is 2.41 bits per heavy atom. The maximum atomic E-state index is 13.1. The topological polar surface area (TPSA) is 66.7 Å². The highest BCUT2D eigenvalue weighted by molar-refractivity contribution is 6.02. The quantitative estimate of drug-likeness (QED) is 0.632. The molecule has 29 heavy (non-hydrogen) atoms. The van der Waals surface area contributed by atoms with Crippen molar-refractivity contribution in [2.24, 2.45) is 0 Å². The summed E-state index contributed by atoms with van der Waals surface area (Å²) in [6, 6.07) is 11.3. The van der Waals surface area contributed by atoms with Crippen molar-refractivity contribution < 1.29 is 14.0 Å². The van der Waals surface area contributed by atoms with E-state index >= 15 is 0 Å². The Morgan fingerprint density at radius 2 is 1.76 bits per heavy atom. The van der Waals surface area contributed by atoms with Crippen molar-refractivity contribution in [3.05, 3.63) is 71.6 Å². The molecule has 0 saturated carbocycles. The molecule has 1 aromatic carbocycles. The minimum Gasteiger partial charge on any atom is -0.345 e. The van der Waals surface area contributed by atoms with Gasteiger partial charge in [-0.1, -0.05) is 32.0 Å². The van der Waals surface area contributed by atoms with Gasteiger partial charge in [0.05, 0.1) is 5.52 Å². The molecule has 7 heteroatoms. The standard InChI is InChI=1S/C22H25FN4O2/c1-3-12-26(13-4-2)22(29)19-18-7-5-6-14-27(18)20(25-19)21(28)24-15-16-8-10-17(23)11-9-16/h5-11,14H,3-4,12-13,15H2,1-2H3,(H,24,28). The predicted octanol–water partition coefficient (Wildman–Crippen LogP) is 3.67. The second-order valence-corrected chi connectivity index (χ2v) is 6.84. The molecule has 0 radical (unpaired) electrons. The number of amides is 2. The van der Waals surface area contributed by atoms with Crippen molar-refractivity contribution in [3.63, 3.8) is 0 Å². The lowest BCUT2D eigenvalue weighted by atomic mass is 10.2. The Kier molecular flexibility index (Phi) is 6.59. The molecule has 1 N–H and O–H groups in total. The molecule has 0 spiro atoms. The minimum absolute atomic E-state index is 0.152. The maximum absolute atomic E-state index is 13.1. The molecule has 0 unspecified atom stereocenters. The number of imidazole rings is 1. The summed E-state index contributed by atoms with van der Waals surface area (Å²) in [4.78, 5) is 32.0. The highest BCUT2D eigenvalue weighted by Gasteiger charge is 2.24. The van der Waals surface area contributed by atoms with Gasteiger partial charge in [-0.05, 0) is 42.7 Å². The number of benzene rings is 1. The van der Waals surface area contributed by atoms with E-state index in [0.29, 0.717) is 18.6 Å². The zero-order valence-electron chi connectivity index (χ0n) is 16.7. The molecule has 0 aliphatic heterocycles. The summed E-state index contributed by atoms with van der Waals surface area (Å²) >= 11 is 0. The van der Waals surface area contributed by atoms with E-state index in [-0.39, 0.29) is 29.8 Å². The summed E-state index contributed by atoms with van der Waals surface area (Å²) in [5.41, 5.74) is 1.65. The van der Waals surface area contributed by atoms with Crippen LogP contribution in [-0.2, 0) is 6.54 Å². The normalized spacial score (nSPS) is 10.9. The first-order valence-corrected chi connectivity index (χ1v) is 9.84. The fraction of sp³-hybridized carbons (Fsp3) is 0.318. The number of nitrogens with one attached hydrogen (secondary N) is 1. The van der Waals surface area contributed by atoms with Gasteiger partial charge in [0.1, 0.15) is 5.82 Å². The number of carbonyl (C=O) groups excluding carboxylic acids is 2. The second-order valence-electron chi connectivity index (χ2n) is 6.84. The van der Waals surface area contributed by atoms with E-state index < -0.39 is 5.91 Å². The average molecular weight is 396 g/mol. The molecule has 0 fully saturated rings. The van der Waals surface area contributed by atoms with Gasteiger partial charge in [-0.2, -0.15) is 0 Å². The maximum Gasteiger partial charge on any atom is 0.287 e. The number of rotatable bonds is 8. The lowest BCUT2D eigenvalue weighted by Crippen LogP contribution is -2.33. The first kappa shape index (κ1) is 20.5. The van der Waals surface area contributed by atoms with E-state index in [2.05, 4.69) is 10.3 Å². The van der Waals surface area contributed by atoms with Crippen molar-refractivity contribution >= 4 is 17.3 Å². The monoisotopic (exact) mass is 396 g/mol. The van der Waals surface area contributed by atoms with E-state index in [1.807, 2.05) is 19.9 Å². The zero-order valence-corrected chi connectivity index (χ0v) is 16.7. The van der Waals surface area contributed by atoms with Crippen LogP contribution in [0.25, 0.3) is 5.52 Å². The molecule has 2 heterocycles. The number of hydrogen-bond acceptors (Lipinski definition) is 3. The van der Waals surface area contributed by atoms with Crippen LogP contribution in [0.1, 0.15) is 53.4 Å². The summed E-state index contributed by atoms with van der Waals surface area (Å²) in [6.45, 7) is 5.57. The highest BCUT2D eigenvalue weighted by Crippen LogP contribution is 2.16. The van der Waals surface area contributed by atoms with Crippen LogP contribution in [0.2, 0.25) is 0 Å². The lowest BCUT2D eigenvalue weighted by molar-refractivity contribution is 0.0752. The Bertz CT molecular complexity index is 992. The molecule has 0 aliphatic carbocycles. The summed E-state index contributed by atoms with van der Waals surface area (Å²) in [5, 5.41) is 2.79. The predicted molar refractivity (Wildman–Crippen MR) is 109 cm³/mol. The SMILES string of the molecule is CCCN(CCC)C(=O)c1nc(C(=O)NCc2ccc(F)cc2)n2ccccc12. The van der Waals surface area contributed by atoms with Crippen LogP contribution in [0.5, 0.6) is 0 Å². The third-order valence-electron chi connectivity index (χ3n) is 4.59. The van der Waals surface area contributed by atoms with Crippen LogP contribution in [0, 0.1) is 5.82 Å². The fourth-order valence-corrected chi connectivity index (χ4v) is 3.22. The van der Waals surface area contributed by atoms with Crippen molar-refractivity contribution in [1.82, 2.24) is 19.6 Å². The number of halogens is 1. The van der Waals surface area contributed by atoms with E-state index in [9.17, 15) is 14.0 Å². The smallest absolute Gasteiger partial charge is 0.287 e. The van der Waals surface area contributed by atoms with Gasteiger partial charge in [-0.25, -0.2) is 9.37 Å². The van der Waals surface area contributed by atoms with E-state index in [4.69, 9.17) is 0 Å². The first-order chi connectivity index (χ1) is 14.0. The number of carbonyl (C=O) groups is 2. The van der Waals surface area contributed by atoms with Gasteiger partial charge < -0.3 is 10.2 Å². The molecule has 2 amide bonds. The molecule has 0 aliphatic rings. The largest absolute Gasteiger partial charge is 0.345 e. The van der Waals surface area contributed by atoms with Gasteiger partial charge in [0.15, 0.2) is 5.69 Å². The molecule has 0 bridgehead atoms. The van der Waals surface area contributed by atoms with Gasteiger partial charge in [0.2, 0.25) is 5.82 Å². The molecule has 2 aromatic heterocycles. The van der Waals surface area contributed by atoms with Crippen molar-refractivity contribution in [2.75, 3.05) is 13.1 Å². The van der Waals surface area contributed by atoms with Gasteiger partial charge in [-0.3, -0.25) is 14.0 Å². The van der Waals surface area contributed by atoms with E-state index in [0.717, 1.165) is 18.4 Å². The van der Waals surface area contributed by atoms with Crippen LogP contribution in [-0.4, -0.2) is 39.2 Å². The minimum atomic E-state index is -0.396. The zero-order chi connectivity index (χ0) is 20.8. The molecular formula is C22H25FN4O2. The molecule has 152 valence electrons. The van der Waals surface area contributed by atoms with Crippen LogP contribution in [0.4, 0.5) is 4.39 Å². The number of hydrogen-bond donors (Lipinski definition) is 1. The van der Waals surface area contributed by atoms with Gasteiger partial charge in [0, 0.05) is 25.8 Å². The third kappa shape index (κ3) is 4.62. The van der Waals surface area contributed by atoms with Crippen LogP contribution < -0.4 is 5.32 Å². The summed E-state index contributed by atoms with van der Waals surface area (Å²) in [6.07, 6.45) is 3.42. The number of pyridine rings is 1. The third-order valence-corrected chi connectivity index (χ3v) is 4.59. The molecule has 0 saturated heterocycles. The molecular weight excluding hydrogens is 371 g/mol. The fourth-order valence-electron chi connectivity index (χ4n) is 3.22. The highest BCUT2D eigenvalue weighted by atomic mass is 19.1. The summed E-state index contributed by atoms with van der Waals surface area (Å²) in [7, 11) is 0.